The molecular formula is C22H42O4. The molecule has 4 nitrogen and oxygen atoms in total. The summed E-state index contributed by atoms with van der Waals surface area (Å²) in [7, 11) is 0. The Bertz CT molecular complexity index is 341. The number of carbonyl (C=O) groups excluding carboxylic acids is 1. The first kappa shape index (κ1) is 24.9. The lowest BCUT2D eigenvalue weighted by molar-refractivity contribution is -0.150. The van der Waals surface area contributed by atoms with Crippen molar-refractivity contribution < 1.29 is 19.4 Å². The van der Waals surface area contributed by atoms with E-state index in [1.165, 1.54) is 38.5 Å². The second-order valence-electron chi connectivity index (χ2n) is 7.47. The second-order valence-corrected chi connectivity index (χ2v) is 7.47. The van der Waals surface area contributed by atoms with Gasteiger partial charge in [0.2, 0.25) is 0 Å². The Hall–Kier alpha value is -1.06. The van der Waals surface area contributed by atoms with Gasteiger partial charge in [0.05, 0.1) is 0 Å². The summed E-state index contributed by atoms with van der Waals surface area (Å²) in [6.07, 6.45) is 17.0. The van der Waals surface area contributed by atoms with Crippen molar-refractivity contribution in [2.24, 2.45) is 0 Å². The molecule has 154 valence electrons. The van der Waals surface area contributed by atoms with Gasteiger partial charge in [-0.15, -0.1) is 0 Å². The van der Waals surface area contributed by atoms with Gasteiger partial charge >= 0.3 is 11.9 Å². The zero-order valence-electron chi connectivity index (χ0n) is 17.3. The molecule has 26 heavy (non-hydrogen) atoms. The van der Waals surface area contributed by atoms with Gasteiger partial charge in [0.25, 0.3) is 0 Å². The fraction of sp³-hybridized carbons (Fsp3) is 0.909. The smallest absolute Gasteiger partial charge is 0.306 e. The van der Waals surface area contributed by atoms with Crippen LogP contribution >= 0.6 is 0 Å². The van der Waals surface area contributed by atoms with E-state index in [4.69, 9.17) is 9.84 Å². The molecule has 0 spiro atoms. The number of unbranched alkanes of at least 4 members (excludes halogenated alkanes) is 10. The first-order valence-electron chi connectivity index (χ1n) is 11.0. The van der Waals surface area contributed by atoms with Crippen LogP contribution in [0.25, 0.3) is 0 Å². The Kier molecular flexibility index (Phi) is 18.0. The molecule has 0 rings (SSSR count). The van der Waals surface area contributed by atoms with Crippen LogP contribution in [0.2, 0.25) is 0 Å². The lowest BCUT2D eigenvalue weighted by Crippen LogP contribution is -2.18. The van der Waals surface area contributed by atoms with E-state index < -0.39 is 5.97 Å². The van der Waals surface area contributed by atoms with E-state index in [9.17, 15) is 9.59 Å². The van der Waals surface area contributed by atoms with Crippen molar-refractivity contribution in [3.8, 4) is 0 Å². The highest BCUT2D eigenvalue weighted by atomic mass is 16.5. The number of hydrogen-bond donors (Lipinski definition) is 1. The van der Waals surface area contributed by atoms with Crippen molar-refractivity contribution in [1.29, 1.82) is 0 Å². The molecule has 0 aliphatic carbocycles. The summed E-state index contributed by atoms with van der Waals surface area (Å²) < 4.78 is 5.71. The molecule has 1 N–H and O–H groups in total. The highest BCUT2D eigenvalue weighted by Crippen LogP contribution is 2.17. The maximum Gasteiger partial charge on any atom is 0.306 e. The molecule has 0 heterocycles. The summed E-state index contributed by atoms with van der Waals surface area (Å²) in [6, 6.07) is 0. The summed E-state index contributed by atoms with van der Waals surface area (Å²) in [5.74, 6) is -0.781. The molecule has 0 aromatic carbocycles. The van der Waals surface area contributed by atoms with Crippen LogP contribution in [0.1, 0.15) is 123 Å². The lowest BCUT2D eigenvalue weighted by atomic mass is 10.0. The zero-order valence-corrected chi connectivity index (χ0v) is 17.3. The van der Waals surface area contributed by atoms with Gasteiger partial charge in [-0.2, -0.15) is 0 Å². The van der Waals surface area contributed by atoms with Crippen LogP contribution in [-0.2, 0) is 14.3 Å². The van der Waals surface area contributed by atoms with E-state index in [2.05, 4.69) is 13.8 Å². The highest BCUT2D eigenvalue weighted by molar-refractivity contribution is 5.69. The molecule has 0 aliphatic rings. The number of carboxylic acids is 1. The van der Waals surface area contributed by atoms with Gasteiger partial charge in [0.1, 0.15) is 6.10 Å². The SMILES string of the molecule is CCCCCCCCCC(=O)OC(CCCCC)CCCCCC(=O)O. The van der Waals surface area contributed by atoms with Crippen LogP contribution in [0, 0.1) is 0 Å². The summed E-state index contributed by atoms with van der Waals surface area (Å²) in [5.41, 5.74) is 0. The molecule has 0 bridgehead atoms. The van der Waals surface area contributed by atoms with Gasteiger partial charge in [-0.05, 0) is 38.5 Å². The number of rotatable bonds is 19. The average Bonchev–Trinajstić information content (AvgIpc) is 2.60. The standard InChI is InChI=1S/C22H42O4/c1-3-5-7-8-9-10-15-19-22(25)26-20(16-12-6-4-2)17-13-11-14-18-21(23)24/h20H,3-19H2,1-2H3,(H,23,24). The van der Waals surface area contributed by atoms with Gasteiger partial charge in [-0.25, -0.2) is 0 Å². The normalized spacial score (nSPS) is 12.1. The number of carbonyl (C=O) groups is 2. The molecule has 0 aromatic heterocycles. The van der Waals surface area contributed by atoms with E-state index in [0.29, 0.717) is 12.8 Å². The Morgan fingerprint density at radius 2 is 1.15 bits per heavy atom. The van der Waals surface area contributed by atoms with Crippen LogP contribution < -0.4 is 0 Å². The van der Waals surface area contributed by atoms with Gasteiger partial charge in [0, 0.05) is 12.8 Å². The topological polar surface area (TPSA) is 63.6 Å². The number of carboxylic acid groups (broad SMARTS) is 1. The quantitative estimate of drug-likeness (QED) is 0.204. The molecule has 0 radical (unpaired) electrons. The average molecular weight is 371 g/mol. The monoisotopic (exact) mass is 370 g/mol. The van der Waals surface area contributed by atoms with Gasteiger partial charge in [-0.3, -0.25) is 9.59 Å². The van der Waals surface area contributed by atoms with Gasteiger partial charge in [-0.1, -0.05) is 71.6 Å². The van der Waals surface area contributed by atoms with Crippen LogP contribution in [-0.4, -0.2) is 23.1 Å². The largest absolute Gasteiger partial charge is 0.481 e. The minimum atomic E-state index is -0.731. The van der Waals surface area contributed by atoms with E-state index in [1.807, 2.05) is 0 Å². The Morgan fingerprint density at radius 1 is 0.692 bits per heavy atom. The predicted molar refractivity (Wildman–Crippen MR) is 107 cm³/mol. The Morgan fingerprint density at radius 3 is 1.77 bits per heavy atom. The van der Waals surface area contributed by atoms with Crippen LogP contribution in [0.3, 0.4) is 0 Å². The first-order valence-corrected chi connectivity index (χ1v) is 11.0. The molecule has 1 atom stereocenters. The molecule has 0 fully saturated rings. The summed E-state index contributed by atoms with van der Waals surface area (Å²) >= 11 is 0. The maximum absolute atomic E-state index is 12.1. The third kappa shape index (κ3) is 17.8. The fourth-order valence-corrected chi connectivity index (χ4v) is 3.18. The highest BCUT2D eigenvalue weighted by Gasteiger charge is 2.14. The fourth-order valence-electron chi connectivity index (χ4n) is 3.18. The Balaban J connectivity index is 3.90. The molecule has 0 saturated heterocycles. The Labute approximate surface area is 161 Å². The third-order valence-electron chi connectivity index (χ3n) is 4.83. The summed E-state index contributed by atoms with van der Waals surface area (Å²) in [6.45, 7) is 4.40. The van der Waals surface area contributed by atoms with Crippen molar-refractivity contribution in [3.05, 3.63) is 0 Å². The number of esters is 1. The second kappa shape index (κ2) is 18.7. The van der Waals surface area contributed by atoms with Crippen molar-refractivity contribution in [2.75, 3.05) is 0 Å². The van der Waals surface area contributed by atoms with Crippen molar-refractivity contribution in [3.63, 3.8) is 0 Å². The molecule has 0 amide bonds. The van der Waals surface area contributed by atoms with Gasteiger partial charge in [0.15, 0.2) is 0 Å². The minimum absolute atomic E-state index is 0.0171. The zero-order chi connectivity index (χ0) is 19.5. The molecule has 0 saturated carbocycles. The first-order chi connectivity index (χ1) is 12.6. The van der Waals surface area contributed by atoms with E-state index in [-0.39, 0.29) is 18.5 Å². The van der Waals surface area contributed by atoms with Crippen molar-refractivity contribution in [2.45, 2.75) is 129 Å². The third-order valence-corrected chi connectivity index (χ3v) is 4.83. The summed E-state index contributed by atoms with van der Waals surface area (Å²) in [5, 5.41) is 8.68. The summed E-state index contributed by atoms with van der Waals surface area (Å²) in [4.78, 5) is 22.6. The number of hydrogen-bond acceptors (Lipinski definition) is 3. The number of aliphatic carboxylic acids is 1. The molecule has 1 unspecified atom stereocenters. The van der Waals surface area contributed by atoms with E-state index >= 15 is 0 Å². The number of ether oxygens (including phenoxy) is 1. The predicted octanol–water partition coefficient (Wildman–Crippen LogP) is 6.65. The molecular weight excluding hydrogens is 328 g/mol. The van der Waals surface area contributed by atoms with Gasteiger partial charge < -0.3 is 9.84 Å². The maximum atomic E-state index is 12.1. The van der Waals surface area contributed by atoms with Crippen LogP contribution in [0.5, 0.6) is 0 Å². The molecule has 0 aliphatic heterocycles. The van der Waals surface area contributed by atoms with E-state index in [1.54, 1.807) is 0 Å². The van der Waals surface area contributed by atoms with Crippen LogP contribution in [0.15, 0.2) is 0 Å². The molecule has 4 heteroatoms. The van der Waals surface area contributed by atoms with Crippen molar-refractivity contribution >= 4 is 11.9 Å². The lowest BCUT2D eigenvalue weighted by Gasteiger charge is -2.18. The molecule has 0 aromatic rings. The van der Waals surface area contributed by atoms with Crippen LogP contribution in [0.4, 0.5) is 0 Å². The minimum Gasteiger partial charge on any atom is -0.481 e. The van der Waals surface area contributed by atoms with E-state index in [0.717, 1.165) is 51.4 Å². The van der Waals surface area contributed by atoms with Crippen molar-refractivity contribution in [1.82, 2.24) is 0 Å².